The van der Waals surface area contributed by atoms with Gasteiger partial charge in [0.15, 0.2) is 0 Å². The number of carbonyl (C=O) groups is 1. The molecular weight excluding hydrogens is 482 g/mol. The molecule has 2 aromatic carbocycles. The molecule has 0 atom stereocenters. The number of aromatic nitrogens is 4. The Labute approximate surface area is 226 Å². The number of nitrogens with zero attached hydrogens (tertiary/aromatic N) is 6. The largest absolute Gasteiger partial charge is 0.496 e. The first-order chi connectivity index (χ1) is 19.4. The minimum atomic E-state index is -2.67. The first-order valence-corrected chi connectivity index (χ1v) is 12.0. The van der Waals surface area contributed by atoms with Gasteiger partial charge in [-0.25, -0.2) is 19.3 Å². The number of methoxy groups -OCH3 is 1. The van der Waals surface area contributed by atoms with Gasteiger partial charge in [-0.1, -0.05) is 18.7 Å². The van der Waals surface area contributed by atoms with Crippen molar-refractivity contribution in [1.82, 2.24) is 24.0 Å². The summed E-state index contributed by atoms with van der Waals surface area (Å²) in [5.41, 5.74) is 1.99. The van der Waals surface area contributed by atoms with E-state index < -0.39 is 12.7 Å². The number of aryl methyl sites for hydroxylation is 1. The SMILES string of the molecule is [2H]C([2H])([2H])n1c(=O)n(-c2ccnc(Cc3cc(NC(=O)C=C)c(N(C)CCN(C)C)cc3OC)n2)c2ccccc21. The minimum Gasteiger partial charge on any atom is -0.496 e. The number of anilines is 2. The first kappa shape index (κ1) is 22.7. The summed E-state index contributed by atoms with van der Waals surface area (Å²) in [5.74, 6) is 0.816. The molecule has 1 amide bonds. The van der Waals surface area contributed by atoms with Crippen LogP contribution in [0.15, 0.2) is 66.1 Å². The zero-order valence-electron chi connectivity index (χ0n) is 24.9. The van der Waals surface area contributed by atoms with Crippen molar-refractivity contribution < 1.29 is 13.6 Å². The van der Waals surface area contributed by atoms with Gasteiger partial charge < -0.3 is 19.9 Å². The highest BCUT2D eigenvalue weighted by Gasteiger charge is 2.18. The van der Waals surface area contributed by atoms with Crippen molar-refractivity contribution in [1.29, 1.82) is 0 Å². The van der Waals surface area contributed by atoms with Crippen LogP contribution in [0.4, 0.5) is 11.4 Å². The van der Waals surface area contributed by atoms with Gasteiger partial charge in [-0.15, -0.1) is 0 Å². The third-order valence-corrected chi connectivity index (χ3v) is 6.15. The number of likely N-dealkylation sites (N-methyl/N-ethyl adjacent to an activating group) is 2. The summed E-state index contributed by atoms with van der Waals surface area (Å²) in [6.45, 7) is 2.39. The number of carbonyl (C=O) groups excluding carboxylic acids is 1. The van der Waals surface area contributed by atoms with E-state index in [0.29, 0.717) is 34.9 Å². The van der Waals surface area contributed by atoms with Gasteiger partial charge in [0.25, 0.3) is 0 Å². The van der Waals surface area contributed by atoms with E-state index in [1.165, 1.54) is 16.8 Å². The lowest BCUT2D eigenvalue weighted by Gasteiger charge is -2.25. The topological polar surface area (TPSA) is 97.5 Å². The highest BCUT2D eigenvalue weighted by atomic mass is 16.5. The number of fused-ring (bicyclic) bond motifs is 1. The lowest BCUT2D eigenvalue weighted by Crippen LogP contribution is -2.29. The van der Waals surface area contributed by atoms with Crippen LogP contribution in [0, 0.1) is 0 Å². The molecule has 0 unspecified atom stereocenters. The summed E-state index contributed by atoms with van der Waals surface area (Å²) in [5, 5.41) is 2.88. The van der Waals surface area contributed by atoms with Crippen LogP contribution in [0.5, 0.6) is 5.75 Å². The number of para-hydroxylation sites is 2. The van der Waals surface area contributed by atoms with E-state index in [4.69, 9.17) is 8.85 Å². The Morgan fingerprint density at radius 2 is 1.95 bits per heavy atom. The molecule has 4 rings (SSSR count). The highest BCUT2D eigenvalue weighted by molar-refractivity contribution is 6.01. The van der Waals surface area contributed by atoms with Gasteiger partial charge in [-0.3, -0.25) is 9.36 Å². The van der Waals surface area contributed by atoms with Crippen molar-refractivity contribution in [2.45, 2.75) is 6.42 Å². The van der Waals surface area contributed by atoms with E-state index in [-0.39, 0.29) is 23.7 Å². The average Bonchev–Trinajstić information content (AvgIpc) is 3.24. The molecule has 0 bridgehead atoms. The molecule has 2 aromatic heterocycles. The normalized spacial score (nSPS) is 12.6. The number of rotatable bonds is 10. The standard InChI is InChI=1S/C28H33N7O3/c1-7-27(36)30-20-16-19(24(38-6)18-23(20)33(4)15-14-32(2)3)17-25-29-13-12-26(31-25)35-22-11-9-8-10-21(22)34(5)28(35)37/h7-13,16,18H,1,14-15,17H2,2-6H3,(H,30,36)/i5D3. The predicted molar refractivity (Wildman–Crippen MR) is 151 cm³/mol. The Kier molecular flexibility index (Phi) is 6.76. The fourth-order valence-corrected chi connectivity index (χ4v) is 4.15. The number of hydrogen-bond donors (Lipinski definition) is 1. The fraction of sp³-hybridized carbons (Fsp3) is 0.286. The molecule has 0 radical (unpaired) electrons. The maximum Gasteiger partial charge on any atom is 0.334 e. The summed E-state index contributed by atoms with van der Waals surface area (Å²) in [4.78, 5) is 38.7. The van der Waals surface area contributed by atoms with E-state index in [1.807, 2.05) is 38.2 Å². The first-order valence-electron chi connectivity index (χ1n) is 13.5. The summed E-state index contributed by atoms with van der Waals surface area (Å²) in [6, 6.07) is 11.9. The van der Waals surface area contributed by atoms with Crippen molar-refractivity contribution in [3.05, 3.63) is 83.2 Å². The van der Waals surface area contributed by atoms with Gasteiger partial charge in [0, 0.05) is 55.5 Å². The number of benzene rings is 2. The smallest absolute Gasteiger partial charge is 0.334 e. The highest BCUT2D eigenvalue weighted by Crippen LogP contribution is 2.34. The van der Waals surface area contributed by atoms with Crippen molar-refractivity contribution in [2.75, 3.05) is 51.6 Å². The van der Waals surface area contributed by atoms with Crippen LogP contribution in [-0.2, 0) is 18.2 Å². The van der Waals surface area contributed by atoms with Gasteiger partial charge in [0.1, 0.15) is 17.4 Å². The summed E-state index contributed by atoms with van der Waals surface area (Å²) >= 11 is 0. The molecular formula is C28H33N7O3. The van der Waals surface area contributed by atoms with E-state index in [9.17, 15) is 9.59 Å². The van der Waals surface area contributed by atoms with Crippen LogP contribution in [0.25, 0.3) is 16.9 Å². The molecule has 0 spiro atoms. The Balaban J connectivity index is 1.78. The molecule has 0 saturated heterocycles. The second-order valence-electron chi connectivity index (χ2n) is 9.05. The minimum absolute atomic E-state index is 0.211. The fourth-order valence-electron chi connectivity index (χ4n) is 4.15. The molecule has 198 valence electrons. The van der Waals surface area contributed by atoms with Gasteiger partial charge in [0.05, 0.1) is 29.5 Å². The van der Waals surface area contributed by atoms with E-state index in [2.05, 4.69) is 26.8 Å². The summed E-state index contributed by atoms with van der Waals surface area (Å²) in [7, 11) is 7.47. The second kappa shape index (κ2) is 11.3. The lowest BCUT2D eigenvalue weighted by molar-refractivity contribution is -0.111. The maximum atomic E-state index is 13.3. The van der Waals surface area contributed by atoms with Gasteiger partial charge >= 0.3 is 5.69 Å². The average molecular weight is 519 g/mol. The zero-order valence-corrected chi connectivity index (χ0v) is 21.9. The van der Waals surface area contributed by atoms with E-state index in [0.717, 1.165) is 16.8 Å². The molecule has 0 aliphatic heterocycles. The molecule has 0 aliphatic rings. The Hall–Kier alpha value is -4.44. The molecule has 1 N–H and O–H groups in total. The molecule has 10 nitrogen and oxygen atoms in total. The van der Waals surface area contributed by atoms with Crippen LogP contribution in [0.2, 0.25) is 0 Å². The van der Waals surface area contributed by atoms with Crippen molar-refractivity contribution >= 4 is 28.3 Å². The molecule has 2 heterocycles. The number of nitrogens with one attached hydrogen (secondary N) is 1. The lowest BCUT2D eigenvalue weighted by atomic mass is 10.1. The van der Waals surface area contributed by atoms with Crippen LogP contribution in [0.3, 0.4) is 0 Å². The monoisotopic (exact) mass is 518 g/mol. The third-order valence-electron chi connectivity index (χ3n) is 6.15. The number of imidazole rings is 1. The third kappa shape index (κ3) is 5.45. The number of amides is 1. The number of hydrogen-bond acceptors (Lipinski definition) is 7. The molecule has 0 fully saturated rings. The van der Waals surface area contributed by atoms with Gasteiger partial charge in [-0.2, -0.15) is 0 Å². The van der Waals surface area contributed by atoms with Gasteiger partial charge in [-0.05, 0) is 44.4 Å². The number of ether oxygens (including phenoxy) is 1. The maximum absolute atomic E-state index is 13.3. The Bertz CT molecular complexity index is 1640. The second-order valence-corrected chi connectivity index (χ2v) is 9.05. The van der Waals surface area contributed by atoms with Crippen LogP contribution in [0.1, 0.15) is 15.5 Å². The van der Waals surface area contributed by atoms with Crippen molar-refractivity contribution in [3.63, 3.8) is 0 Å². The predicted octanol–water partition coefficient (Wildman–Crippen LogP) is 2.84. The Morgan fingerprint density at radius 1 is 1.18 bits per heavy atom. The van der Waals surface area contributed by atoms with Crippen molar-refractivity contribution in [3.8, 4) is 11.6 Å². The van der Waals surface area contributed by atoms with E-state index >= 15 is 0 Å². The molecule has 38 heavy (non-hydrogen) atoms. The summed E-state index contributed by atoms with van der Waals surface area (Å²) in [6.07, 6.45) is 2.93. The molecule has 4 aromatic rings. The molecule has 10 heteroatoms. The molecule has 0 aliphatic carbocycles. The summed E-state index contributed by atoms with van der Waals surface area (Å²) < 4.78 is 31.4. The van der Waals surface area contributed by atoms with Crippen LogP contribution >= 0.6 is 0 Å². The molecule has 0 saturated carbocycles. The quantitative estimate of drug-likeness (QED) is 0.323. The van der Waals surface area contributed by atoms with Crippen LogP contribution < -0.4 is 20.6 Å². The zero-order chi connectivity index (χ0) is 29.9. The Morgan fingerprint density at radius 3 is 2.63 bits per heavy atom. The van der Waals surface area contributed by atoms with Gasteiger partial charge in [0.2, 0.25) is 5.91 Å². The van der Waals surface area contributed by atoms with Crippen LogP contribution in [-0.4, -0.2) is 71.3 Å². The van der Waals surface area contributed by atoms with Crippen molar-refractivity contribution in [2.24, 2.45) is 6.98 Å². The van der Waals surface area contributed by atoms with E-state index in [1.54, 1.807) is 37.4 Å².